The molecule has 0 bridgehead atoms. The van der Waals surface area contributed by atoms with Crippen LogP contribution in [0.3, 0.4) is 0 Å². The molecule has 1 atom stereocenters. The van der Waals surface area contributed by atoms with Crippen molar-refractivity contribution in [3.8, 4) is 0 Å². The van der Waals surface area contributed by atoms with E-state index in [0.29, 0.717) is 0 Å². The van der Waals surface area contributed by atoms with Crippen LogP contribution in [0.1, 0.15) is 34.0 Å². The molecular weight excluding hydrogens is 388 g/mol. The van der Waals surface area contributed by atoms with Gasteiger partial charge in [0.1, 0.15) is 0 Å². The van der Waals surface area contributed by atoms with Gasteiger partial charge in [-0.15, -0.1) is 0 Å². The molecule has 150 valence electrons. The summed E-state index contributed by atoms with van der Waals surface area (Å²) in [5.41, 5.74) is 6.85. The van der Waals surface area contributed by atoms with E-state index in [0.717, 1.165) is 31.1 Å². The molecular formula is C27H25ClN2. The van der Waals surface area contributed by atoms with Crippen molar-refractivity contribution in [3.05, 3.63) is 130 Å². The highest BCUT2D eigenvalue weighted by Crippen LogP contribution is 2.37. The Morgan fingerprint density at radius 2 is 1.37 bits per heavy atom. The van der Waals surface area contributed by atoms with E-state index in [9.17, 15) is 0 Å². The molecule has 1 aliphatic rings. The monoisotopic (exact) mass is 412 g/mol. The number of fused-ring (bicyclic) bond motifs is 1. The van der Waals surface area contributed by atoms with Crippen molar-refractivity contribution in [2.45, 2.75) is 25.6 Å². The largest absolute Gasteiger partial charge is 0.347 e. The molecule has 0 fully saturated rings. The quantitative estimate of drug-likeness (QED) is 0.371. The van der Waals surface area contributed by atoms with Gasteiger partial charge < -0.3 is 4.57 Å². The molecule has 0 spiro atoms. The number of hydrogen-bond acceptors (Lipinski definition) is 1. The minimum absolute atomic E-state index is 0.239. The first kappa shape index (κ1) is 19.2. The fourth-order valence-electron chi connectivity index (χ4n) is 4.59. The summed E-state index contributed by atoms with van der Waals surface area (Å²) in [6.07, 6.45) is 3.32. The number of nitrogens with zero attached hydrogens (tertiary/aromatic N) is 2. The molecule has 3 aromatic carbocycles. The standard InChI is InChI=1S/C27H25ClN2/c28-24-13-11-23(12-14-24)27-25-15-17-29(19-21-7-3-1-4-8-21)26(25)16-18-30(27)20-22-9-5-2-6-10-22/h1-15,17,27H,16,18-20H2. The van der Waals surface area contributed by atoms with Crippen LogP contribution < -0.4 is 0 Å². The SMILES string of the molecule is Clc1ccc(C2c3ccn(Cc4ccccc4)c3CCN2Cc2ccccc2)cc1. The number of rotatable bonds is 5. The lowest BCUT2D eigenvalue weighted by molar-refractivity contribution is 0.202. The average molecular weight is 413 g/mol. The minimum Gasteiger partial charge on any atom is -0.347 e. The summed E-state index contributed by atoms with van der Waals surface area (Å²) in [6.45, 7) is 2.90. The highest BCUT2D eigenvalue weighted by molar-refractivity contribution is 6.30. The summed E-state index contributed by atoms with van der Waals surface area (Å²) in [4.78, 5) is 2.59. The molecule has 0 radical (unpaired) electrons. The highest BCUT2D eigenvalue weighted by Gasteiger charge is 2.30. The summed E-state index contributed by atoms with van der Waals surface area (Å²) >= 11 is 6.19. The number of halogens is 1. The van der Waals surface area contributed by atoms with Crippen LogP contribution >= 0.6 is 11.6 Å². The van der Waals surface area contributed by atoms with Crippen LogP contribution in [0.5, 0.6) is 0 Å². The lowest BCUT2D eigenvalue weighted by atomic mass is 9.92. The Labute approximate surface area is 183 Å². The molecule has 0 amide bonds. The first-order chi connectivity index (χ1) is 14.8. The highest BCUT2D eigenvalue weighted by atomic mass is 35.5. The molecule has 2 heterocycles. The van der Waals surface area contributed by atoms with Crippen LogP contribution in [0.2, 0.25) is 5.02 Å². The van der Waals surface area contributed by atoms with Gasteiger partial charge in [-0.3, -0.25) is 4.90 Å². The van der Waals surface area contributed by atoms with Crippen LogP contribution in [-0.2, 0) is 19.5 Å². The maximum absolute atomic E-state index is 6.19. The molecule has 0 saturated carbocycles. The van der Waals surface area contributed by atoms with Crippen LogP contribution in [-0.4, -0.2) is 16.0 Å². The van der Waals surface area contributed by atoms with Crippen molar-refractivity contribution in [2.75, 3.05) is 6.54 Å². The van der Waals surface area contributed by atoms with Gasteiger partial charge in [0.2, 0.25) is 0 Å². The smallest absolute Gasteiger partial charge is 0.0622 e. The zero-order valence-corrected chi connectivity index (χ0v) is 17.7. The lowest BCUT2D eigenvalue weighted by Gasteiger charge is -2.37. The molecule has 1 aromatic heterocycles. The van der Waals surface area contributed by atoms with Gasteiger partial charge in [-0.2, -0.15) is 0 Å². The van der Waals surface area contributed by atoms with E-state index in [4.69, 9.17) is 11.6 Å². The number of benzene rings is 3. The van der Waals surface area contributed by atoms with Crippen LogP contribution in [0.4, 0.5) is 0 Å². The summed E-state index contributed by atoms with van der Waals surface area (Å²) in [6, 6.07) is 32.4. The van der Waals surface area contributed by atoms with E-state index in [-0.39, 0.29) is 6.04 Å². The summed E-state index contributed by atoms with van der Waals surface area (Å²) in [5, 5.41) is 0.783. The zero-order chi connectivity index (χ0) is 20.3. The van der Waals surface area contributed by atoms with Crippen LogP contribution in [0.15, 0.2) is 97.2 Å². The molecule has 5 rings (SSSR count). The van der Waals surface area contributed by atoms with Gasteiger partial charge in [-0.25, -0.2) is 0 Å². The molecule has 0 N–H and O–H groups in total. The van der Waals surface area contributed by atoms with E-state index in [2.05, 4.69) is 94.5 Å². The topological polar surface area (TPSA) is 8.17 Å². The first-order valence-electron chi connectivity index (χ1n) is 10.5. The third-order valence-corrected chi connectivity index (χ3v) is 6.27. The van der Waals surface area contributed by atoms with Crippen LogP contribution in [0.25, 0.3) is 0 Å². The maximum Gasteiger partial charge on any atom is 0.0622 e. The van der Waals surface area contributed by atoms with Gasteiger partial charge in [-0.1, -0.05) is 84.4 Å². The average Bonchev–Trinajstić information content (AvgIpc) is 3.18. The van der Waals surface area contributed by atoms with Crippen molar-refractivity contribution in [1.82, 2.24) is 9.47 Å². The fourth-order valence-corrected chi connectivity index (χ4v) is 4.71. The van der Waals surface area contributed by atoms with Gasteiger partial charge >= 0.3 is 0 Å². The number of aromatic nitrogens is 1. The third kappa shape index (κ3) is 3.94. The maximum atomic E-state index is 6.19. The Kier molecular flexibility index (Phi) is 5.44. The van der Waals surface area contributed by atoms with Crippen molar-refractivity contribution in [1.29, 1.82) is 0 Å². The van der Waals surface area contributed by atoms with Crippen molar-refractivity contribution in [3.63, 3.8) is 0 Å². The second-order valence-corrected chi connectivity index (χ2v) is 8.43. The lowest BCUT2D eigenvalue weighted by Crippen LogP contribution is -2.36. The van der Waals surface area contributed by atoms with Gasteiger partial charge in [-0.05, 0) is 40.5 Å². The van der Waals surface area contributed by atoms with Gasteiger partial charge in [0, 0.05) is 43.0 Å². The Bertz CT molecular complexity index is 1100. The number of hydrogen-bond donors (Lipinski definition) is 0. The van der Waals surface area contributed by atoms with E-state index in [1.54, 1.807) is 0 Å². The molecule has 0 aliphatic carbocycles. The molecule has 0 saturated heterocycles. The third-order valence-electron chi connectivity index (χ3n) is 6.02. The molecule has 2 nitrogen and oxygen atoms in total. The second kappa shape index (κ2) is 8.51. The predicted octanol–water partition coefficient (Wildman–Crippen LogP) is 6.34. The molecule has 1 unspecified atom stereocenters. The molecule has 1 aliphatic heterocycles. The van der Waals surface area contributed by atoms with Crippen molar-refractivity contribution < 1.29 is 0 Å². The molecule has 4 aromatic rings. The van der Waals surface area contributed by atoms with Crippen molar-refractivity contribution >= 4 is 11.6 Å². The Balaban J connectivity index is 1.51. The van der Waals surface area contributed by atoms with Gasteiger partial charge in [0.25, 0.3) is 0 Å². The van der Waals surface area contributed by atoms with Crippen molar-refractivity contribution in [2.24, 2.45) is 0 Å². The van der Waals surface area contributed by atoms with E-state index in [1.165, 1.54) is 27.9 Å². The van der Waals surface area contributed by atoms with Crippen LogP contribution in [0, 0.1) is 0 Å². The van der Waals surface area contributed by atoms with E-state index >= 15 is 0 Å². The minimum atomic E-state index is 0.239. The van der Waals surface area contributed by atoms with Gasteiger partial charge in [0.15, 0.2) is 0 Å². The first-order valence-corrected chi connectivity index (χ1v) is 10.9. The Hall–Kier alpha value is -2.81. The summed E-state index contributed by atoms with van der Waals surface area (Å²) in [7, 11) is 0. The Morgan fingerprint density at radius 3 is 2.03 bits per heavy atom. The predicted molar refractivity (Wildman–Crippen MR) is 124 cm³/mol. The van der Waals surface area contributed by atoms with E-state index in [1.807, 2.05) is 12.1 Å². The van der Waals surface area contributed by atoms with E-state index < -0.39 is 0 Å². The second-order valence-electron chi connectivity index (χ2n) is 7.99. The molecule has 30 heavy (non-hydrogen) atoms. The fraction of sp³-hybridized carbons (Fsp3) is 0.185. The summed E-state index contributed by atoms with van der Waals surface area (Å²) < 4.78 is 2.42. The molecule has 3 heteroatoms. The Morgan fingerprint density at radius 1 is 0.733 bits per heavy atom. The summed E-state index contributed by atoms with van der Waals surface area (Å²) in [5.74, 6) is 0. The van der Waals surface area contributed by atoms with Gasteiger partial charge in [0.05, 0.1) is 6.04 Å². The zero-order valence-electron chi connectivity index (χ0n) is 16.9. The normalized spacial score (nSPS) is 16.4.